The lowest BCUT2D eigenvalue weighted by Crippen LogP contribution is -2.39. The maximum Gasteiger partial charge on any atom is 0.417 e. The van der Waals surface area contributed by atoms with Crippen molar-refractivity contribution in [2.75, 3.05) is 26.8 Å². The number of halogens is 4. The van der Waals surface area contributed by atoms with Crippen molar-refractivity contribution in [2.45, 2.75) is 17.5 Å². The average molecular weight is 389 g/mol. The molecule has 0 saturated heterocycles. The second kappa shape index (κ2) is 8.15. The van der Waals surface area contributed by atoms with E-state index in [1.165, 1.54) is 7.11 Å². The van der Waals surface area contributed by atoms with Gasteiger partial charge in [-0.05, 0) is 24.6 Å². The molecule has 2 N–H and O–H groups in total. The fourth-order valence-corrected chi connectivity index (χ4v) is 3.57. The summed E-state index contributed by atoms with van der Waals surface area (Å²) < 4.78 is 69.2. The fraction of sp³-hybridized carbons (Fsp3) is 0.462. The van der Waals surface area contributed by atoms with Crippen LogP contribution in [0, 0.1) is 0 Å². The molecule has 0 fully saturated rings. The minimum Gasteiger partial charge on any atom is -0.385 e. The molecule has 24 heavy (non-hydrogen) atoms. The van der Waals surface area contributed by atoms with E-state index in [2.05, 4.69) is 0 Å². The zero-order chi connectivity index (χ0) is 18.5. The molecule has 1 rings (SSSR count). The van der Waals surface area contributed by atoms with Crippen molar-refractivity contribution in [2.24, 2.45) is 5.73 Å². The van der Waals surface area contributed by atoms with E-state index in [1.807, 2.05) is 0 Å². The lowest BCUT2D eigenvalue weighted by atomic mass is 10.2. The molecule has 0 radical (unpaired) electrons. The van der Waals surface area contributed by atoms with Crippen LogP contribution in [0.1, 0.15) is 12.0 Å². The zero-order valence-electron chi connectivity index (χ0n) is 12.6. The number of methoxy groups -OCH3 is 1. The van der Waals surface area contributed by atoms with Gasteiger partial charge >= 0.3 is 6.18 Å². The van der Waals surface area contributed by atoms with Crippen molar-refractivity contribution in [3.8, 4) is 0 Å². The van der Waals surface area contributed by atoms with Crippen LogP contribution < -0.4 is 5.73 Å². The Labute approximate surface area is 142 Å². The number of ether oxygens (including phenoxy) is 1. The third-order valence-electron chi connectivity index (χ3n) is 2.97. The van der Waals surface area contributed by atoms with E-state index in [0.29, 0.717) is 10.4 Å². The number of carbonyl (C=O) groups is 1. The van der Waals surface area contributed by atoms with Crippen LogP contribution in [0.25, 0.3) is 0 Å². The van der Waals surface area contributed by atoms with Crippen LogP contribution in [0.2, 0.25) is 5.02 Å². The summed E-state index contributed by atoms with van der Waals surface area (Å²) >= 11 is 5.48. The van der Waals surface area contributed by atoms with Gasteiger partial charge in [-0.25, -0.2) is 8.42 Å². The highest BCUT2D eigenvalue weighted by atomic mass is 35.5. The van der Waals surface area contributed by atoms with Crippen molar-refractivity contribution in [3.63, 3.8) is 0 Å². The SMILES string of the molecule is COCCCN(CC(N)=O)S(=O)(=O)c1ccc(Cl)c(C(F)(F)F)c1. The largest absolute Gasteiger partial charge is 0.417 e. The van der Waals surface area contributed by atoms with Gasteiger partial charge in [-0.2, -0.15) is 17.5 Å². The molecule has 6 nitrogen and oxygen atoms in total. The zero-order valence-corrected chi connectivity index (χ0v) is 14.2. The lowest BCUT2D eigenvalue weighted by Gasteiger charge is -2.21. The first kappa shape index (κ1) is 20.7. The summed E-state index contributed by atoms with van der Waals surface area (Å²) in [6.45, 7) is -0.585. The quantitative estimate of drug-likeness (QED) is 0.688. The first-order valence-electron chi connectivity index (χ1n) is 6.64. The van der Waals surface area contributed by atoms with Crippen LogP contribution in [0.4, 0.5) is 13.2 Å². The molecule has 0 aromatic heterocycles. The summed E-state index contributed by atoms with van der Waals surface area (Å²) in [4.78, 5) is 10.5. The monoisotopic (exact) mass is 388 g/mol. The smallest absolute Gasteiger partial charge is 0.385 e. The highest BCUT2D eigenvalue weighted by Crippen LogP contribution is 2.36. The third-order valence-corrected chi connectivity index (χ3v) is 5.14. The van der Waals surface area contributed by atoms with E-state index < -0.39 is 44.1 Å². The number of hydrogen-bond donors (Lipinski definition) is 1. The number of primary amides is 1. The Hall–Kier alpha value is -1.36. The van der Waals surface area contributed by atoms with E-state index in [1.54, 1.807) is 0 Å². The lowest BCUT2D eigenvalue weighted by molar-refractivity contribution is -0.137. The minimum absolute atomic E-state index is 0.136. The van der Waals surface area contributed by atoms with Crippen molar-refractivity contribution in [3.05, 3.63) is 28.8 Å². The van der Waals surface area contributed by atoms with Crippen molar-refractivity contribution in [1.29, 1.82) is 0 Å². The summed E-state index contributed by atoms with van der Waals surface area (Å²) in [7, 11) is -2.95. The van der Waals surface area contributed by atoms with E-state index in [-0.39, 0.29) is 19.6 Å². The Kier molecular flexibility index (Phi) is 7.02. The van der Waals surface area contributed by atoms with Crippen LogP contribution in [0.3, 0.4) is 0 Å². The molecule has 11 heteroatoms. The molecule has 0 unspecified atom stereocenters. The number of alkyl halides is 3. The molecule has 1 amide bonds. The average Bonchev–Trinajstić information content (AvgIpc) is 2.45. The van der Waals surface area contributed by atoms with Crippen LogP contribution in [-0.4, -0.2) is 45.4 Å². The molecule has 0 heterocycles. The maximum absolute atomic E-state index is 12.9. The first-order valence-corrected chi connectivity index (χ1v) is 8.46. The number of amides is 1. The van der Waals surface area contributed by atoms with Gasteiger partial charge in [0.2, 0.25) is 15.9 Å². The molecule has 0 atom stereocenters. The minimum atomic E-state index is -4.81. The molecule has 0 aliphatic rings. The Morgan fingerprint density at radius 3 is 2.50 bits per heavy atom. The number of carbonyl (C=O) groups excluding carboxylic acids is 1. The molecule has 0 spiro atoms. The summed E-state index contributed by atoms with van der Waals surface area (Å²) in [6.07, 6.45) is -4.57. The van der Waals surface area contributed by atoms with Crippen molar-refractivity contribution < 1.29 is 31.1 Å². The Morgan fingerprint density at radius 2 is 2.00 bits per heavy atom. The summed E-state index contributed by atoms with van der Waals surface area (Å²) in [5.74, 6) is -0.930. The Bertz CT molecular complexity index is 695. The summed E-state index contributed by atoms with van der Waals surface area (Å²) in [5.41, 5.74) is 3.74. The molecule has 1 aromatic carbocycles. The topological polar surface area (TPSA) is 89.7 Å². The predicted molar refractivity (Wildman–Crippen MR) is 80.9 cm³/mol. The van der Waals surface area contributed by atoms with Gasteiger partial charge in [-0.15, -0.1) is 0 Å². The molecule has 0 saturated carbocycles. The summed E-state index contributed by atoms with van der Waals surface area (Å²) in [5, 5.41) is -0.623. The van der Waals surface area contributed by atoms with Gasteiger partial charge in [0.1, 0.15) is 0 Å². The standard InChI is InChI=1S/C13H16ClF3N2O4S/c1-23-6-2-5-19(8-12(18)20)24(21,22)9-3-4-11(14)10(7-9)13(15,16)17/h3-4,7H,2,5-6,8H2,1H3,(H2,18,20). The highest BCUT2D eigenvalue weighted by Gasteiger charge is 2.35. The first-order chi connectivity index (χ1) is 11.0. The summed E-state index contributed by atoms with van der Waals surface area (Å²) in [6, 6.07) is 2.22. The fourth-order valence-electron chi connectivity index (χ4n) is 1.87. The van der Waals surface area contributed by atoms with Crippen LogP contribution in [0.15, 0.2) is 23.1 Å². The van der Waals surface area contributed by atoms with E-state index in [9.17, 15) is 26.4 Å². The van der Waals surface area contributed by atoms with Gasteiger partial charge in [0.25, 0.3) is 0 Å². The van der Waals surface area contributed by atoms with Crippen molar-refractivity contribution in [1.82, 2.24) is 4.31 Å². The normalized spacial score (nSPS) is 12.6. The van der Waals surface area contributed by atoms with Gasteiger partial charge in [0.05, 0.1) is 22.0 Å². The molecule has 0 bridgehead atoms. The molecule has 136 valence electrons. The van der Waals surface area contributed by atoms with Crippen LogP contribution >= 0.6 is 11.6 Å². The van der Waals surface area contributed by atoms with Crippen LogP contribution in [0.5, 0.6) is 0 Å². The molecular weight excluding hydrogens is 373 g/mol. The number of benzene rings is 1. The molecule has 0 aliphatic carbocycles. The van der Waals surface area contributed by atoms with Gasteiger partial charge in [-0.3, -0.25) is 4.79 Å². The van der Waals surface area contributed by atoms with Crippen molar-refractivity contribution >= 4 is 27.5 Å². The van der Waals surface area contributed by atoms with E-state index >= 15 is 0 Å². The number of nitrogens with zero attached hydrogens (tertiary/aromatic N) is 1. The van der Waals surface area contributed by atoms with Gasteiger partial charge in [0.15, 0.2) is 0 Å². The second-order valence-corrected chi connectivity index (χ2v) is 7.14. The molecule has 1 aromatic rings. The van der Waals surface area contributed by atoms with Gasteiger partial charge in [0, 0.05) is 20.3 Å². The van der Waals surface area contributed by atoms with Gasteiger partial charge in [-0.1, -0.05) is 11.6 Å². The molecule has 0 aliphatic heterocycles. The number of sulfonamides is 1. The highest BCUT2D eigenvalue weighted by molar-refractivity contribution is 7.89. The predicted octanol–water partition coefficient (Wildman–Crippen LogP) is 1.87. The van der Waals surface area contributed by atoms with E-state index in [0.717, 1.165) is 12.1 Å². The van der Waals surface area contributed by atoms with E-state index in [4.69, 9.17) is 22.1 Å². The number of hydrogen-bond acceptors (Lipinski definition) is 4. The molecular formula is C13H16ClF3N2O4S. The third kappa shape index (κ3) is 5.33. The van der Waals surface area contributed by atoms with Gasteiger partial charge < -0.3 is 10.5 Å². The Morgan fingerprint density at radius 1 is 1.38 bits per heavy atom. The maximum atomic E-state index is 12.9. The van der Waals surface area contributed by atoms with Crippen LogP contribution in [-0.2, 0) is 25.7 Å². The Balaban J connectivity index is 3.25. The number of rotatable bonds is 8. The number of nitrogens with two attached hydrogens (primary N) is 1. The second-order valence-electron chi connectivity index (χ2n) is 4.79.